The average molecular weight is 226 g/mol. The number of methoxy groups -OCH3 is 1. The van der Waals surface area contributed by atoms with Crippen molar-refractivity contribution in [3.8, 4) is 5.75 Å². The molecule has 0 fully saturated rings. The van der Waals surface area contributed by atoms with Crippen LogP contribution in [0.4, 0.5) is 0 Å². The number of nitrogens with zero attached hydrogens (tertiary/aromatic N) is 2. The van der Waals surface area contributed by atoms with Gasteiger partial charge >= 0.3 is 0 Å². The standard InChI is InChI=1S/C11H22N4O/c1-11(2,3)6-8(14-12)10-9(16-5)7-13-15(10)4/h7-8,14H,6,12H2,1-5H3. The fraction of sp³-hybridized carbons (Fsp3) is 0.727. The summed E-state index contributed by atoms with van der Waals surface area (Å²) >= 11 is 0. The lowest BCUT2D eigenvalue weighted by atomic mass is 9.87. The van der Waals surface area contributed by atoms with Crippen LogP contribution in [0.3, 0.4) is 0 Å². The van der Waals surface area contributed by atoms with E-state index < -0.39 is 0 Å². The van der Waals surface area contributed by atoms with Gasteiger partial charge in [0, 0.05) is 7.05 Å². The van der Waals surface area contributed by atoms with E-state index in [1.807, 2.05) is 7.05 Å². The van der Waals surface area contributed by atoms with E-state index in [2.05, 4.69) is 31.3 Å². The van der Waals surface area contributed by atoms with Crippen LogP contribution < -0.4 is 16.0 Å². The Labute approximate surface area is 96.9 Å². The summed E-state index contributed by atoms with van der Waals surface area (Å²) in [5.41, 5.74) is 4.01. The third-order valence-electron chi connectivity index (χ3n) is 2.52. The van der Waals surface area contributed by atoms with Crippen LogP contribution in [0, 0.1) is 5.41 Å². The molecule has 1 atom stereocenters. The van der Waals surface area contributed by atoms with Gasteiger partial charge in [0.2, 0.25) is 0 Å². The van der Waals surface area contributed by atoms with Crippen LogP contribution in [0.1, 0.15) is 38.9 Å². The van der Waals surface area contributed by atoms with Crippen molar-refractivity contribution in [1.29, 1.82) is 0 Å². The van der Waals surface area contributed by atoms with Crippen molar-refractivity contribution in [1.82, 2.24) is 15.2 Å². The van der Waals surface area contributed by atoms with Crippen LogP contribution in [0.5, 0.6) is 5.75 Å². The van der Waals surface area contributed by atoms with Gasteiger partial charge in [-0.25, -0.2) is 0 Å². The molecule has 0 spiro atoms. The lowest BCUT2D eigenvalue weighted by Crippen LogP contribution is -2.32. The van der Waals surface area contributed by atoms with Crippen LogP contribution >= 0.6 is 0 Å². The molecule has 0 aromatic carbocycles. The number of hydrogen-bond acceptors (Lipinski definition) is 4. The summed E-state index contributed by atoms with van der Waals surface area (Å²) in [4.78, 5) is 0. The molecule has 0 aliphatic rings. The Morgan fingerprint density at radius 2 is 2.19 bits per heavy atom. The second kappa shape index (κ2) is 4.84. The molecule has 16 heavy (non-hydrogen) atoms. The highest BCUT2D eigenvalue weighted by Gasteiger charge is 2.24. The molecule has 1 unspecified atom stereocenters. The Balaban J connectivity index is 2.98. The van der Waals surface area contributed by atoms with E-state index in [1.54, 1.807) is 18.0 Å². The van der Waals surface area contributed by atoms with Crippen molar-refractivity contribution in [3.63, 3.8) is 0 Å². The molecule has 1 heterocycles. The van der Waals surface area contributed by atoms with Crippen LogP contribution in [0.15, 0.2) is 6.20 Å². The van der Waals surface area contributed by atoms with Gasteiger partial charge in [-0.1, -0.05) is 20.8 Å². The second-order valence-electron chi connectivity index (χ2n) is 5.21. The maximum Gasteiger partial charge on any atom is 0.161 e. The molecule has 0 aliphatic heterocycles. The average Bonchev–Trinajstić information content (AvgIpc) is 2.54. The number of nitrogens with one attached hydrogen (secondary N) is 1. The molecular weight excluding hydrogens is 204 g/mol. The molecule has 0 aliphatic carbocycles. The number of ether oxygens (including phenoxy) is 1. The summed E-state index contributed by atoms with van der Waals surface area (Å²) < 4.78 is 7.09. The largest absolute Gasteiger partial charge is 0.493 e. The highest BCUT2D eigenvalue weighted by Crippen LogP contribution is 2.32. The summed E-state index contributed by atoms with van der Waals surface area (Å²) in [5, 5.41) is 4.18. The third kappa shape index (κ3) is 2.96. The van der Waals surface area contributed by atoms with Gasteiger partial charge in [0.15, 0.2) is 5.75 Å². The molecular formula is C11H22N4O. The highest BCUT2D eigenvalue weighted by atomic mass is 16.5. The lowest BCUT2D eigenvalue weighted by molar-refractivity contribution is 0.297. The Morgan fingerprint density at radius 1 is 1.56 bits per heavy atom. The van der Waals surface area contributed by atoms with Crippen LogP contribution in [-0.2, 0) is 7.05 Å². The first-order chi connectivity index (χ1) is 7.39. The maximum atomic E-state index is 5.62. The molecule has 0 saturated heterocycles. The Morgan fingerprint density at radius 3 is 2.62 bits per heavy atom. The molecule has 3 N–H and O–H groups in total. The van der Waals surface area contributed by atoms with E-state index in [1.165, 1.54) is 0 Å². The van der Waals surface area contributed by atoms with Gasteiger partial charge < -0.3 is 4.74 Å². The number of aryl methyl sites for hydroxylation is 1. The summed E-state index contributed by atoms with van der Waals surface area (Å²) in [6.07, 6.45) is 2.63. The quantitative estimate of drug-likeness (QED) is 0.601. The predicted octanol–water partition coefficient (Wildman–Crippen LogP) is 1.37. The van der Waals surface area contributed by atoms with E-state index >= 15 is 0 Å². The van der Waals surface area contributed by atoms with Gasteiger partial charge in [0.25, 0.3) is 0 Å². The van der Waals surface area contributed by atoms with Crippen molar-refractivity contribution >= 4 is 0 Å². The molecule has 0 bridgehead atoms. The molecule has 5 heteroatoms. The van der Waals surface area contributed by atoms with Gasteiger partial charge in [0.1, 0.15) is 0 Å². The van der Waals surface area contributed by atoms with Crippen molar-refractivity contribution in [2.45, 2.75) is 33.2 Å². The zero-order valence-corrected chi connectivity index (χ0v) is 10.7. The van der Waals surface area contributed by atoms with Gasteiger partial charge in [-0.15, -0.1) is 0 Å². The fourth-order valence-corrected chi connectivity index (χ4v) is 1.83. The van der Waals surface area contributed by atoms with Gasteiger partial charge in [-0.05, 0) is 11.8 Å². The van der Waals surface area contributed by atoms with Crippen molar-refractivity contribution in [2.24, 2.45) is 18.3 Å². The van der Waals surface area contributed by atoms with Crippen molar-refractivity contribution in [3.05, 3.63) is 11.9 Å². The van der Waals surface area contributed by atoms with Gasteiger partial charge in [-0.3, -0.25) is 16.0 Å². The predicted molar refractivity (Wildman–Crippen MR) is 63.9 cm³/mol. The minimum absolute atomic E-state index is 0.0439. The highest BCUT2D eigenvalue weighted by molar-refractivity contribution is 5.28. The topological polar surface area (TPSA) is 65.1 Å². The zero-order valence-electron chi connectivity index (χ0n) is 10.7. The van der Waals surface area contributed by atoms with E-state index in [-0.39, 0.29) is 11.5 Å². The maximum absolute atomic E-state index is 5.62. The first kappa shape index (κ1) is 13.0. The molecule has 1 aromatic heterocycles. The first-order valence-corrected chi connectivity index (χ1v) is 5.41. The number of hydrazine groups is 1. The molecule has 0 saturated carbocycles. The minimum atomic E-state index is 0.0439. The smallest absolute Gasteiger partial charge is 0.161 e. The van der Waals surface area contributed by atoms with E-state index in [0.29, 0.717) is 0 Å². The third-order valence-corrected chi connectivity index (χ3v) is 2.52. The first-order valence-electron chi connectivity index (χ1n) is 5.41. The molecule has 5 nitrogen and oxygen atoms in total. The van der Waals surface area contributed by atoms with Crippen LogP contribution in [0.2, 0.25) is 0 Å². The van der Waals surface area contributed by atoms with E-state index in [4.69, 9.17) is 10.6 Å². The number of hydrogen-bond donors (Lipinski definition) is 2. The molecule has 1 aromatic rings. The summed E-state index contributed by atoms with van der Waals surface area (Å²) in [6, 6.07) is 0.0439. The Hall–Kier alpha value is -1.07. The van der Waals surface area contributed by atoms with Crippen LogP contribution in [0.25, 0.3) is 0 Å². The summed E-state index contributed by atoms with van der Waals surface area (Å²) in [6.45, 7) is 6.54. The lowest BCUT2D eigenvalue weighted by Gasteiger charge is -2.26. The van der Waals surface area contributed by atoms with E-state index in [9.17, 15) is 0 Å². The molecule has 0 amide bonds. The van der Waals surface area contributed by atoms with Gasteiger partial charge in [-0.2, -0.15) is 5.10 Å². The van der Waals surface area contributed by atoms with Crippen molar-refractivity contribution in [2.75, 3.05) is 7.11 Å². The number of aromatic nitrogens is 2. The van der Waals surface area contributed by atoms with Crippen LogP contribution in [-0.4, -0.2) is 16.9 Å². The van der Waals surface area contributed by atoms with E-state index in [0.717, 1.165) is 17.9 Å². The molecule has 1 rings (SSSR count). The van der Waals surface area contributed by atoms with Gasteiger partial charge in [0.05, 0.1) is 25.0 Å². The zero-order chi connectivity index (χ0) is 12.3. The second-order valence-corrected chi connectivity index (χ2v) is 5.21. The number of nitrogens with two attached hydrogens (primary N) is 1. The molecule has 0 radical (unpaired) electrons. The summed E-state index contributed by atoms with van der Waals surface area (Å²) in [5.74, 6) is 6.39. The van der Waals surface area contributed by atoms with Crippen molar-refractivity contribution < 1.29 is 4.74 Å². The number of rotatable bonds is 4. The summed E-state index contributed by atoms with van der Waals surface area (Å²) in [7, 11) is 3.54. The SMILES string of the molecule is COc1cnn(C)c1C(CC(C)(C)C)NN. The fourth-order valence-electron chi connectivity index (χ4n) is 1.83. The molecule has 92 valence electrons. The minimum Gasteiger partial charge on any atom is -0.493 e. The normalized spacial score (nSPS) is 13.9. The Bertz CT molecular complexity index is 340. The Kier molecular flexibility index (Phi) is 3.93. The monoisotopic (exact) mass is 226 g/mol.